The van der Waals surface area contributed by atoms with Gasteiger partial charge in [-0.15, -0.1) is 0 Å². The van der Waals surface area contributed by atoms with Gasteiger partial charge in [-0.2, -0.15) is 0 Å². The van der Waals surface area contributed by atoms with Crippen LogP contribution in [0.5, 0.6) is 0 Å². The average Bonchev–Trinajstić information content (AvgIpc) is 2.05. The fourth-order valence-electron chi connectivity index (χ4n) is 0.995. The minimum atomic E-state index is -0.194. The van der Waals surface area contributed by atoms with E-state index in [4.69, 9.17) is 0 Å². The molecule has 1 unspecified atom stereocenters. The molecule has 0 heterocycles. The summed E-state index contributed by atoms with van der Waals surface area (Å²) in [6.07, 6.45) is 3.97. The predicted molar refractivity (Wildman–Crippen MR) is 39.4 cm³/mol. The predicted octanol–water partition coefficient (Wildman–Crippen LogP) is 2.21. The summed E-state index contributed by atoms with van der Waals surface area (Å²) < 4.78 is 4.35. The number of unbranched alkanes of at least 4 members (excludes halogenated alkanes) is 1. The second-order valence-electron chi connectivity index (χ2n) is 2.63. The average molecular weight is 202 g/mol. The molecule has 0 aliphatic carbocycles. The van der Waals surface area contributed by atoms with Crippen molar-refractivity contribution in [2.75, 3.05) is 0 Å². The van der Waals surface area contributed by atoms with Crippen molar-refractivity contribution in [2.24, 2.45) is 5.92 Å². The van der Waals surface area contributed by atoms with E-state index in [0.717, 1.165) is 25.7 Å². The molecule has 0 saturated carbocycles. The quantitative estimate of drug-likeness (QED) is 0.683. The Morgan fingerprint density at radius 1 is 1.55 bits per heavy atom. The molecule has 0 aliphatic heterocycles. The Hall–Kier alpha value is -0.0235. The third-order valence-corrected chi connectivity index (χ3v) is 2.01. The van der Waals surface area contributed by atoms with Crippen LogP contribution in [0.2, 0.25) is 0 Å². The van der Waals surface area contributed by atoms with Crippen molar-refractivity contribution in [3.63, 3.8) is 0 Å². The topological polar surface area (TPSA) is 26.3 Å². The summed E-state index contributed by atoms with van der Waals surface area (Å²) in [5, 5.41) is 0. The molecule has 0 amide bonds. The van der Waals surface area contributed by atoms with Crippen LogP contribution in [-0.2, 0) is 24.7 Å². The van der Waals surface area contributed by atoms with Gasteiger partial charge in [0.05, 0.1) is 0 Å². The molecule has 0 saturated heterocycles. The summed E-state index contributed by atoms with van der Waals surface area (Å²) in [5.74, 6) is -0.147. The summed E-state index contributed by atoms with van der Waals surface area (Å²) in [4.78, 5) is 10.9. The standard InChI is InChI=1S/C8H16O2.Co/c1-3-5-6-7(4-2)8(9)10;/h7H,3-6H2,1-2H3,(H,9,10);/q;+1/p-1. The van der Waals surface area contributed by atoms with E-state index in [1.165, 1.54) is 0 Å². The molecule has 0 bridgehead atoms. The molecule has 0 rings (SSSR count). The molecule has 0 aromatic carbocycles. The molecule has 11 heavy (non-hydrogen) atoms. The van der Waals surface area contributed by atoms with Crippen molar-refractivity contribution in [3.05, 3.63) is 0 Å². The van der Waals surface area contributed by atoms with Gasteiger partial charge in [-0.25, -0.2) is 0 Å². The van der Waals surface area contributed by atoms with Crippen LogP contribution >= 0.6 is 0 Å². The molecule has 2 nitrogen and oxygen atoms in total. The van der Waals surface area contributed by atoms with Gasteiger partial charge in [0.2, 0.25) is 0 Å². The second-order valence-corrected chi connectivity index (χ2v) is 2.85. The van der Waals surface area contributed by atoms with E-state index in [-0.39, 0.29) is 11.9 Å². The Labute approximate surface area is 76.6 Å². The van der Waals surface area contributed by atoms with Gasteiger partial charge in [-0.05, 0) is 0 Å². The summed E-state index contributed by atoms with van der Waals surface area (Å²) >= 11 is 3.53. The Morgan fingerprint density at radius 2 is 2.18 bits per heavy atom. The first-order valence-electron chi connectivity index (χ1n) is 4.06. The van der Waals surface area contributed by atoms with E-state index in [1.807, 2.05) is 6.92 Å². The van der Waals surface area contributed by atoms with Gasteiger partial charge in [0, 0.05) is 0 Å². The van der Waals surface area contributed by atoms with E-state index in [0.29, 0.717) is 0 Å². The zero-order valence-corrected chi connectivity index (χ0v) is 8.10. The van der Waals surface area contributed by atoms with Gasteiger partial charge in [0.25, 0.3) is 0 Å². The second kappa shape index (κ2) is 6.67. The van der Waals surface area contributed by atoms with Gasteiger partial charge in [0.15, 0.2) is 0 Å². The molecule has 0 fully saturated rings. The number of hydrogen-bond donors (Lipinski definition) is 0. The Bertz CT molecular complexity index is 115. The Balaban J connectivity index is 3.65. The molecule has 0 N–H and O–H groups in total. The van der Waals surface area contributed by atoms with Gasteiger partial charge in [-0.1, -0.05) is 0 Å². The van der Waals surface area contributed by atoms with E-state index >= 15 is 0 Å². The Kier molecular flexibility index (Phi) is 6.66. The van der Waals surface area contributed by atoms with Crippen molar-refractivity contribution < 1.29 is 24.7 Å². The van der Waals surface area contributed by atoms with Crippen LogP contribution < -0.4 is 0 Å². The van der Waals surface area contributed by atoms with Crippen LogP contribution in [0.25, 0.3) is 0 Å². The molecule has 0 spiro atoms. The molecule has 0 aliphatic rings. The zero-order chi connectivity index (χ0) is 8.69. The summed E-state index contributed by atoms with van der Waals surface area (Å²) in [6, 6.07) is 0. The molecule has 0 aromatic heterocycles. The van der Waals surface area contributed by atoms with E-state index < -0.39 is 0 Å². The molecular formula is C8H15CoO2. The van der Waals surface area contributed by atoms with Crippen molar-refractivity contribution in [3.8, 4) is 0 Å². The van der Waals surface area contributed by atoms with Crippen molar-refractivity contribution in [2.45, 2.75) is 39.5 Å². The van der Waals surface area contributed by atoms with Gasteiger partial charge >= 0.3 is 76.1 Å². The van der Waals surface area contributed by atoms with E-state index in [2.05, 4.69) is 26.8 Å². The first-order chi connectivity index (χ1) is 5.26. The monoisotopic (exact) mass is 202 g/mol. The van der Waals surface area contributed by atoms with Crippen LogP contribution in [0.1, 0.15) is 39.5 Å². The summed E-state index contributed by atoms with van der Waals surface area (Å²) in [5.41, 5.74) is 0. The summed E-state index contributed by atoms with van der Waals surface area (Å²) in [7, 11) is 0. The maximum absolute atomic E-state index is 10.9. The first-order valence-corrected chi connectivity index (χ1v) is 4.49. The molecule has 0 aromatic rings. The molecule has 3 heteroatoms. The third kappa shape index (κ3) is 4.43. The normalized spacial score (nSPS) is 12.7. The molecular weight excluding hydrogens is 187 g/mol. The van der Waals surface area contributed by atoms with Gasteiger partial charge < -0.3 is 0 Å². The first kappa shape index (κ1) is 11.0. The summed E-state index contributed by atoms with van der Waals surface area (Å²) in [6.45, 7) is 4.10. The maximum atomic E-state index is 10.9. The van der Waals surface area contributed by atoms with Crippen molar-refractivity contribution >= 4 is 5.97 Å². The van der Waals surface area contributed by atoms with Crippen molar-refractivity contribution in [1.82, 2.24) is 0 Å². The fraction of sp³-hybridized carbons (Fsp3) is 0.875. The number of carbonyl (C=O) groups is 1. The van der Waals surface area contributed by atoms with E-state index in [1.54, 1.807) is 0 Å². The SMILES string of the molecule is CCCCC(CC)C(=O)[O][Co]. The van der Waals surface area contributed by atoms with E-state index in [9.17, 15) is 4.79 Å². The van der Waals surface area contributed by atoms with Crippen LogP contribution in [0, 0.1) is 5.92 Å². The van der Waals surface area contributed by atoms with Crippen LogP contribution in [-0.4, -0.2) is 5.97 Å². The molecule has 1 atom stereocenters. The van der Waals surface area contributed by atoms with Gasteiger partial charge in [-0.3, -0.25) is 0 Å². The molecule has 0 radical (unpaired) electrons. The number of rotatable bonds is 5. The number of hydrogen-bond acceptors (Lipinski definition) is 2. The fourth-order valence-corrected chi connectivity index (χ4v) is 1.17. The Morgan fingerprint density at radius 3 is 2.55 bits per heavy atom. The van der Waals surface area contributed by atoms with Crippen LogP contribution in [0.4, 0.5) is 0 Å². The molecule has 68 valence electrons. The minimum absolute atomic E-state index is 0.0468. The van der Waals surface area contributed by atoms with Crippen molar-refractivity contribution in [1.29, 1.82) is 0 Å². The van der Waals surface area contributed by atoms with Gasteiger partial charge in [0.1, 0.15) is 0 Å². The third-order valence-electron chi connectivity index (χ3n) is 1.80. The van der Waals surface area contributed by atoms with Crippen LogP contribution in [0.15, 0.2) is 0 Å². The van der Waals surface area contributed by atoms with Crippen LogP contribution in [0.3, 0.4) is 0 Å². The zero-order valence-electron chi connectivity index (χ0n) is 7.06. The number of carbonyl (C=O) groups excluding carboxylic acids is 1.